The van der Waals surface area contributed by atoms with E-state index in [1.807, 2.05) is 45.0 Å². The summed E-state index contributed by atoms with van der Waals surface area (Å²) in [5.74, 6) is -0.246. The second-order valence-electron chi connectivity index (χ2n) is 10.4. The Bertz CT molecular complexity index is 1330. The number of benzene rings is 2. The van der Waals surface area contributed by atoms with Crippen LogP contribution in [0.3, 0.4) is 0 Å². The number of carboxylic acid groups (broad SMARTS) is 1. The fourth-order valence-corrected chi connectivity index (χ4v) is 6.03. The van der Waals surface area contributed by atoms with Gasteiger partial charge in [-0.15, -0.1) is 10.2 Å². The number of carbonyl (C=O) groups excluding carboxylic acids is 1. The molecule has 1 fully saturated rings. The largest absolute Gasteiger partial charge is 0.492 e. The first-order chi connectivity index (χ1) is 19.2. The normalized spacial score (nSPS) is 14.3. The quantitative estimate of drug-likeness (QED) is 0.278. The standard InChI is InChI=1S/C30H37ClN4O4S/c1-5-6-11-35(28(36)24-16-19(2)7-8-25(24)31)30-33-32-27(40-30)23-17-20(3)26(21(4)18-23)39-15-14-34-12-9-22(10-13-34)29(37)38/h7-8,16-18,22H,5-6,9-15H2,1-4H3,(H,37,38). The lowest BCUT2D eigenvalue weighted by atomic mass is 9.97. The first kappa shape index (κ1) is 30.0. The first-order valence-electron chi connectivity index (χ1n) is 13.8. The monoisotopic (exact) mass is 584 g/mol. The highest BCUT2D eigenvalue weighted by Crippen LogP contribution is 2.35. The van der Waals surface area contributed by atoms with Crippen molar-refractivity contribution in [2.24, 2.45) is 5.92 Å². The molecule has 1 N–H and O–H groups in total. The number of carbonyl (C=O) groups is 2. The number of unbranched alkanes of at least 4 members (excludes halogenated alkanes) is 1. The van der Waals surface area contributed by atoms with E-state index < -0.39 is 5.97 Å². The Balaban J connectivity index is 1.46. The van der Waals surface area contributed by atoms with Crippen LogP contribution in [-0.2, 0) is 4.79 Å². The van der Waals surface area contributed by atoms with Crippen LogP contribution < -0.4 is 9.64 Å². The number of halogens is 1. The molecule has 3 aromatic rings. The Kier molecular flexibility index (Phi) is 10.2. The van der Waals surface area contributed by atoms with Crippen molar-refractivity contribution in [2.45, 2.75) is 53.4 Å². The van der Waals surface area contributed by atoms with Crippen molar-refractivity contribution < 1.29 is 19.4 Å². The van der Waals surface area contributed by atoms with Gasteiger partial charge in [-0.2, -0.15) is 0 Å². The van der Waals surface area contributed by atoms with Gasteiger partial charge in [0.1, 0.15) is 17.4 Å². The SMILES string of the molecule is CCCCN(C(=O)c1cc(C)ccc1Cl)c1nnc(-c2cc(C)c(OCCN3CCC(C(=O)O)CC3)c(C)c2)s1. The fraction of sp³-hybridized carbons (Fsp3) is 0.467. The maximum atomic E-state index is 13.5. The molecule has 2 heterocycles. The maximum Gasteiger partial charge on any atom is 0.306 e. The van der Waals surface area contributed by atoms with Gasteiger partial charge in [-0.05, 0) is 88.5 Å². The molecule has 214 valence electrons. The predicted octanol–water partition coefficient (Wildman–Crippen LogP) is 6.41. The molecule has 1 aliphatic heterocycles. The molecule has 0 radical (unpaired) electrons. The third kappa shape index (κ3) is 7.19. The molecule has 10 heteroatoms. The van der Waals surface area contributed by atoms with Gasteiger partial charge in [-0.3, -0.25) is 19.4 Å². The molecule has 40 heavy (non-hydrogen) atoms. The van der Waals surface area contributed by atoms with Crippen LogP contribution >= 0.6 is 22.9 Å². The molecule has 1 amide bonds. The van der Waals surface area contributed by atoms with Crippen molar-refractivity contribution >= 4 is 39.9 Å². The number of hydrogen-bond donors (Lipinski definition) is 1. The molecule has 1 aliphatic rings. The van der Waals surface area contributed by atoms with Crippen LogP contribution in [-0.4, -0.2) is 64.9 Å². The Hall–Kier alpha value is -3.01. The van der Waals surface area contributed by atoms with Crippen molar-refractivity contribution in [1.82, 2.24) is 15.1 Å². The van der Waals surface area contributed by atoms with Gasteiger partial charge in [-0.1, -0.05) is 47.9 Å². The summed E-state index contributed by atoms with van der Waals surface area (Å²) >= 11 is 7.78. The summed E-state index contributed by atoms with van der Waals surface area (Å²) in [5, 5.41) is 19.7. The van der Waals surface area contributed by atoms with Crippen molar-refractivity contribution in [2.75, 3.05) is 37.7 Å². The van der Waals surface area contributed by atoms with Gasteiger partial charge in [0.05, 0.1) is 16.5 Å². The summed E-state index contributed by atoms with van der Waals surface area (Å²) in [6, 6.07) is 9.54. The zero-order chi connectivity index (χ0) is 28.8. The molecule has 0 bridgehead atoms. The molecular formula is C30H37ClN4O4S. The number of ether oxygens (including phenoxy) is 1. The average molecular weight is 585 g/mol. The molecular weight excluding hydrogens is 548 g/mol. The number of nitrogens with zero attached hydrogens (tertiary/aromatic N) is 4. The molecule has 8 nitrogen and oxygen atoms in total. The van der Waals surface area contributed by atoms with Crippen molar-refractivity contribution in [3.63, 3.8) is 0 Å². The summed E-state index contributed by atoms with van der Waals surface area (Å²) in [7, 11) is 0. The van der Waals surface area contributed by atoms with E-state index in [4.69, 9.17) is 16.3 Å². The molecule has 0 unspecified atom stereocenters. The number of amides is 1. The van der Waals surface area contributed by atoms with Crippen molar-refractivity contribution in [3.05, 3.63) is 57.6 Å². The van der Waals surface area contributed by atoms with Crippen LogP contribution in [0.5, 0.6) is 5.75 Å². The summed E-state index contributed by atoms with van der Waals surface area (Å²) in [6.07, 6.45) is 3.15. The van der Waals surface area contributed by atoms with Crippen molar-refractivity contribution in [3.8, 4) is 16.3 Å². The van der Waals surface area contributed by atoms with Crippen LogP contribution in [0.25, 0.3) is 10.6 Å². The topological polar surface area (TPSA) is 95.9 Å². The van der Waals surface area contributed by atoms with Crippen LogP contribution in [0.4, 0.5) is 5.13 Å². The third-order valence-corrected chi connectivity index (χ3v) is 8.60. The summed E-state index contributed by atoms with van der Waals surface area (Å²) in [6.45, 7) is 11.5. The first-order valence-corrected chi connectivity index (χ1v) is 15.0. The third-order valence-electron chi connectivity index (χ3n) is 7.28. The van der Waals surface area contributed by atoms with Crippen LogP contribution in [0.15, 0.2) is 30.3 Å². The minimum absolute atomic E-state index is 0.173. The van der Waals surface area contributed by atoms with Gasteiger partial charge in [0.2, 0.25) is 5.13 Å². The van der Waals surface area contributed by atoms with E-state index >= 15 is 0 Å². The number of rotatable bonds is 11. The molecule has 0 atom stereocenters. The highest BCUT2D eigenvalue weighted by molar-refractivity contribution is 7.18. The van der Waals surface area contributed by atoms with E-state index in [2.05, 4.69) is 22.0 Å². The average Bonchev–Trinajstić information content (AvgIpc) is 3.42. The van der Waals surface area contributed by atoms with Gasteiger partial charge in [0.25, 0.3) is 5.91 Å². The summed E-state index contributed by atoms with van der Waals surface area (Å²) in [5.41, 5.74) is 4.37. The predicted molar refractivity (Wildman–Crippen MR) is 160 cm³/mol. The molecule has 0 saturated carbocycles. The number of aromatic nitrogens is 2. The highest BCUT2D eigenvalue weighted by Gasteiger charge is 2.25. The lowest BCUT2D eigenvalue weighted by Gasteiger charge is -2.30. The Morgan fingerprint density at radius 3 is 2.48 bits per heavy atom. The van der Waals surface area contributed by atoms with Gasteiger partial charge in [0, 0.05) is 18.7 Å². The lowest BCUT2D eigenvalue weighted by molar-refractivity contribution is -0.143. The number of aliphatic carboxylic acids is 1. The molecule has 0 spiro atoms. The molecule has 4 rings (SSSR count). The highest BCUT2D eigenvalue weighted by atomic mass is 35.5. The molecule has 1 aromatic heterocycles. The van der Waals surface area contributed by atoms with Crippen LogP contribution in [0.1, 0.15) is 59.7 Å². The number of carboxylic acids is 1. The zero-order valence-corrected chi connectivity index (χ0v) is 25.1. The molecule has 1 saturated heterocycles. The minimum atomic E-state index is -0.694. The van der Waals surface area contributed by atoms with E-state index in [1.165, 1.54) is 11.3 Å². The van der Waals surface area contributed by atoms with Crippen molar-refractivity contribution in [1.29, 1.82) is 0 Å². The van der Waals surface area contributed by atoms with Crippen LogP contribution in [0, 0.1) is 26.7 Å². The number of hydrogen-bond acceptors (Lipinski definition) is 7. The van der Waals surface area contributed by atoms with Crippen LogP contribution in [0.2, 0.25) is 5.02 Å². The fourth-order valence-electron chi connectivity index (χ4n) is 4.97. The number of anilines is 1. The van der Waals surface area contributed by atoms with E-state index in [0.29, 0.717) is 41.7 Å². The number of piperidine rings is 1. The smallest absolute Gasteiger partial charge is 0.306 e. The minimum Gasteiger partial charge on any atom is -0.492 e. The Labute approximate surface area is 244 Å². The van der Waals surface area contributed by atoms with E-state index in [-0.39, 0.29) is 11.8 Å². The number of aryl methyl sites for hydroxylation is 3. The molecule has 0 aliphatic carbocycles. The van der Waals surface area contributed by atoms with E-state index in [0.717, 1.165) is 65.5 Å². The Morgan fingerprint density at radius 1 is 1.12 bits per heavy atom. The van der Waals surface area contributed by atoms with Gasteiger partial charge in [0.15, 0.2) is 0 Å². The maximum absolute atomic E-state index is 13.5. The van der Waals surface area contributed by atoms with Gasteiger partial charge >= 0.3 is 5.97 Å². The van der Waals surface area contributed by atoms with Gasteiger partial charge < -0.3 is 9.84 Å². The van der Waals surface area contributed by atoms with E-state index in [9.17, 15) is 14.7 Å². The zero-order valence-electron chi connectivity index (χ0n) is 23.6. The second-order valence-corrected chi connectivity index (χ2v) is 11.8. The lowest BCUT2D eigenvalue weighted by Crippen LogP contribution is -2.38. The van der Waals surface area contributed by atoms with Gasteiger partial charge in [-0.25, -0.2) is 0 Å². The summed E-state index contributed by atoms with van der Waals surface area (Å²) in [4.78, 5) is 28.6. The van der Waals surface area contributed by atoms with E-state index in [1.54, 1.807) is 11.0 Å². The second kappa shape index (κ2) is 13.6. The summed E-state index contributed by atoms with van der Waals surface area (Å²) < 4.78 is 6.17. The molecule has 2 aromatic carbocycles. The number of likely N-dealkylation sites (tertiary alicyclic amines) is 1. The Morgan fingerprint density at radius 2 is 1.82 bits per heavy atom.